The maximum Gasteiger partial charge on any atom is 0.433 e. The quantitative estimate of drug-likeness (QED) is 0.453. The summed E-state index contributed by atoms with van der Waals surface area (Å²) in [5, 5.41) is 10.4. The van der Waals surface area contributed by atoms with Crippen molar-refractivity contribution in [2.75, 3.05) is 13.7 Å². The van der Waals surface area contributed by atoms with Crippen LogP contribution in [0.15, 0.2) is 16.5 Å². The van der Waals surface area contributed by atoms with Crippen LogP contribution in [0.1, 0.15) is 18.1 Å². The van der Waals surface area contributed by atoms with Crippen LogP contribution in [0.5, 0.6) is 0 Å². The van der Waals surface area contributed by atoms with E-state index in [4.69, 9.17) is 10.2 Å². The Kier molecular flexibility index (Phi) is 4.01. The summed E-state index contributed by atoms with van der Waals surface area (Å²) in [6, 6.07) is 2.67. The number of nitro groups is 1. The van der Waals surface area contributed by atoms with E-state index in [2.05, 4.69) is 4.74 Å². The molecule has 1 unspecified atom stereocenters. The highest BCUT2D eigenvalue weighted by atomic mass is 16.6. The Morgan fingerprint density at radius 2 is 2.38 bits per heavy atom. The van der Waals surface area contributed by atoms with E-state index in [0.29, 0.717) is 5.76 Å². The highest BCUT2D eigenvalue weighted by Gasteiger charge is 2.21. The van der Waals surface area contributed by atoms with Crippen LogP contribution in [-0.2, 0) is 9.53 Å². The molecule has 0 radical (unpaired) electrons. The fraction of sp³-hybridized carbons (Fsp3) is 0.444. The van der Waals surface area contributed by atoms with Crippen molar-refractivity contribution in [2.24, 2.45) is 5.73 Å². The molecule has 16 heavy (non-hydrogen) atoms. The molecule has 1 rings (SSSR count). The zero-order valence-electron chi connectivity index (χ0n) is 8.71. The Morgan fingerprint density at radius 3 is 2.81 bits per heavy atom. The number of furan rings is 1. The van der Waals surface area contributed by atoms with Gasteiger partial charge < -0.3 is 14.9 Å². The summed E-state index contributed by atoms with van der Waals surface area (Å²) in [5.41, 5.74) is 5.46. The standard InChI is InChI=1S/C9H12N2O5/c1-15-9(12)4-6(5-10)7-2-3-8(16-7)11(13)14/h2-3,6H,4-5,10H2,1H3. The molecular weight excluding hydrogens is 216 g/mol. The minimum atomic E-state index is -0.644. The van der Waals surface area contributed by atoms with Gasteiger partial charge in [-0.2, -0.15) is 0 Å². The van der Waals surface area contributed by atoms with Crippen molar-refractivity contribution < 1.29 is 18.9 Å². The van der Waals surface area contributed by atoms with Crippen molar-refractivity contribution in [2.45, 2.75) is 12.3 Å². The molecule has 7 nitrogen and oxygen atoms in total. The predicted octanol–water partition coefficient (Wildman–Crippen LogP) is 0.793. The van der Waals surface area contributed by atoms with Crippen LogP contribution in [0.2, 0.25) is 0 Å². The summed E-state index contributed by atoms with van der Waals surface area (Å²) in [6.07, 6.45) is 0.0394. The zero-order valence-corrected chi connectivity index (χ0v) is 8.71. The number of carbonyl (C=O) groups excluding carboxylic acids is 1. The van der Waals surface area contributed by atoms with Gasteiger partial charge in [0.25, 0.3) is 0 Å². The lowest BCUT2D eigenvalue weighted by atomic mass is 10.0. The first-order valence-electron chi connectivity index (χ1n) is 4.59. The van der Waals surface area contributed by atoms with Gasteiger partial charge in [0.1, 0.15) is 10.7 Å². The number of rotatable bonds is 5. The second-order valence-corrected chi connectivity index (χ2v) is 3.15. The number of esters is 1. The maximum absolute atomic E-state index is 11.0. The van der Waals surface area contributed by atoms with Gasteiger partial charge in [0.05, 0.1) is 19.6 Å². The van der Waals surface area contributed by atoms with Crippen molar-refractivity contribution in [3.8, 4) is 0 Å². The van der Waals surface area contributed by atoms with Crippen molar-refractivity contribution in [3.05, 3.63) is 28.0 Å². The number of nitrogens with two attached hydrogens (primary N) is 1. The van der Waals surface area contributed by atoms with Crippen LogP contribution >= 0.6 is 0 Å². The molecule has 0 fully saturated rings. The topological polar surface area (TPSA) is 109 Å². The molecule has 0 saturated heterocycles. The Labute approximate surface area is 91.3 Å². The van der Waals surface area contributed by atoms with Gasteiger partial charge in [-0.15, -0.1) is 0 Å². The van der Waals surface area contributed by atoms with E-state index in [9.17, 15) is 14.9 Å². The third kappa shape index (κ3) is 2.80. The molecule has 0 aromatic carbocycles. The number of hydrogen-bond acceptors (Lipinski definition) is 6. The molecule has 7 heteroatoms. The molecule has 1 atom stereocenters. The monoisotopic (exact) mass is 228 g/mol. The van der Waals surface area contributed by atoms with E-state index in [1.54, 1.807) is 0 Å². The van der Waals surface area contributed by atoms with E-state index in [1.165, 1.54) is 19.2 Å². The SMILES string of the molecule is COC(=O)CC(CN)c1ccc([N+](=O)[O-])o1. The molecule has 0 bridgehead atoms. The smallest absolute Gasteiger partial charge is 0.433 e. The number of ether oxygens (including phenoxy) is 1. The van der Waals surface area contributed by atoms with E-state index < -0.39 is 16.8 Å². The molecule has 0 aliphatic carbocycles. The molecule has 1 aromatic rings. The summed E-state index contributed by atoms with van der Waals surface area (Å²) in [6.45, 7) is 0.153. The Hall–Kier alpha value is -1.89. The van der Waals surface area contributed by atoms with Gasteiger partial charge in [-0.05, 0) is 6.07 Å². The summed E-state index contributed by atoms with van der Waals surface area (Å²) in [7, 11) is 1.26. The van der Waals surface area contributed by atoms with E-state index >= 15 is 0 Å². The van der Waals surface area contributed by atoms with Gasteiger partial charge in [-0.25, -0.2) is 0 Å². The lowest BCUT2D eigenvalue weighted by Crippen LogP contribution is -2.16. The van der Waals surface area contributed by atoms with Crippen LogP contribution in [0.25, 0.3) is 0 Å². The lowest BCUT2D eigenvalue weighted by Gasteiger charge is -2.09. The minimum absolute atomic E-state index is 0.0394. The minimum Gasteiger partial charge on any atom is -0.469 e. The molecule has 0 saturated carbocycles. The van der Waals surface area contributed by atoms with Gasteiger partial charge in [0.15, 0.2) is 0 Å². The van der Waals surface area contributed by atoms with Crippen molar-refractivity contribution in [3.63, 3.8) is 0 Å². The second kappa shape index (κ2) is 5.26. The highest BCUT2D eigenvalue weighted by Crippen LogP contribution is 2.25. The molecule has 2 N–H and O–H groups in total. The summed E-state index contributed by atoms with van der Waals surface area (Å²) in [4.78, 5) is 20.8. The molecule has 1 aromatic heterocycles. The van der Waals surface area contributed by atoms with Crippen molar-refractivity contribution in [1.82, 2.24) is 0 Å². The molecule has 0 aliphatic heterocycles. The molecule has 0 spiro atoms. The van der Waals surface area contributed by atoms with E-state index in [1.807, 2.05) is 0 Å². The van der Waals surface area contributed by atoms with Crippen molar-refractivity contribution >= 4 is 11.9 Å². The van der Waals surface area contributed by atoms with Gasteiger partial charge in [-0.3, -0.25) is 14.9 Å². The fourth-order valence-corrected chi connectivity index (χ4v) is 1.24. The van der Waals surface area contributed by atoms with Gasteiger partial charge in [-0.1, -0.05) is 0 Å². The summed E-state index contributed by atoms with van der Waals surface area (Å²) in [5.74, 6) is -0.881. The van der Waals surface area contributed by atoms with Gasteiger partial charge >= 0.3 is 11.9 Å². The van der Waals surface area contributed by atoms with Crippen molar-refractivity contribution in [1.29, 1.82) is 0 Å². The first kappa shape index (κ1) is 12.2. The van der Waals surface area contributed by atoms with Gasteiger partial charge in [0.2, 0.25) is 0 Å². The third-order valence-corrected chi connectivity index (χ3v) is 2.12. The average Bonchev–Trinajstić information content (AvgIpc) is 2.74. The third-order valence-electron chi connectivity index (χ3n) is 2.12. The highest BCUT2D eigenvalue weighted by molar-refractivity contribution is 5.70. The van der Waals surface area contributed by atoms with Crippen LogP contribution in [-0.4, -0.2) is 24.5 Å². The zero-order chi connectivity index (χ0) is 12.1. The lowest BCUT2D eigenvalue weighted by molar-refractivity contribution is -0.402. The molecule has 88 valence electrons. The Morgan fingerprint density at radius 1 is 1.69 bits per heavy atom. The maximum atomic E-state index is 11.0. The van der Waals surface area contributed by atoms with Crippen LogP contribution in [0.4, 0.5) is 5.88 Å². The van der Waals surface area contributed by atoms with Crippen LogP contribution < -0.4 is 5.73 Å². The fourth-order valence-electron chi connectivity index (χ4n) is 1.24. The number of carbonyl (C=O) groups is 1. The predicted molar refractivity (Wildman–Crippen MR) is 53.8 cm³/mol. The largest absolute Gasteiger partial charge is 0.469 e. The molecule has 1 heterocycles. The van der Waals surface area contributed by atoms with E-state index in [-0.39, 0.29) is 18.8 Å². The van der Waals surface area contributed by atoms with E-state index in [0.717, 1.165) is 0 Å². The number of hydrogen-bond donors (Lipinski definition) is 1. The molecule has 0 aliphatic rings. The summed E-state index contributed by atoms with van der Waals surface area (Å²) >= 11 is 0. The number of nitrogens with zero attached hydrogens (tertiary/aromatic N) is 1. The summed E-state index contributed by atoms with van der Waals surface area (Å²) < 4.78 is 9.44. The Balaban J connectivity index is 2.78. The van der Waals surface area contributed by atoms with Crippen LogP contribution in [0.3, 0.4) is 0 Å². The number of methoxy groups -OCH3 is 1. The van der Waals surface area contributed by atoms with Crippen LogP contribution in [0, 0.1) is 10.1 Å². The first-order valence-corrected chi connectivity index (χ1v) is 4.59. The first-order chi connectivity index (χ1) is 7.58. The Bertz CT molecular complexity index is 387. The average molecular weight is 228 g/mol. The molecule has 0 amide bonds. The second-order valence-electron chi connectivity index (χ2n) is 3.15. The molecular formula is C9H12N2O5. The normalized spacial score (nSPS) is 12.1. The van der Waals surface area contributed by atoms with Gasteiger partial charge in [0, 0.05) is 12.5 Å².